The fourth-order valence-electron chi connectivity index (χ4n) is 2.17. The zero-order chi connectivity index (χ0) is 20.9. The monoisotopic (exact) mass is 460 g/mol. The molecule has 0 radical (unpaired) electrons. The van der Waals surface area contributed by atoms with Gasteiger partial charge in [-0.3, -0.25) is 14.9 Å². The Morgan fingerprint density at radius 3 is 2.32 bits per heavy atom. The summed E-state index contributed by atoms with van der Waals surface area (Å²) in [6.07, 6.45) is -1.14. The van der Waals surface area contributed by atoms with E-state index in [1.807, 2.05) is 13.0 Å². The molecule has 0 saturated heterocycles. The summed E-state index contributed by atoms with van der Waals surface area (Å²) in [5, 5.41) is 18.8. The van der Waals surface area contributed by atoms with Gasteiger partial charge in [0, 0.05) is 23.4 Å². The molecule has 11 heteroatoms. The number of thiocarbonyl (C=S) groups is 1. The van der Waals surface area contributed by atoms with Crippen molar-refractivity contribution in [2.45, 2.75) is 16.9 Å². The molecule has 0 heterocycles. The molecule has 1 amide bonds. The molecular formula is C17H15Cl3N4O3S. The number of halogens is 3. The van der Waals surface area contributed by atoms with Gasteiger partial charge in [-0.25, -0.2) is 0 Å². The molecule has 0 aromatic heterocycles. The number of nitro benzene ring substituents is 1. The van der Waals surface area contributed by atoms with E-state index in [0.29, 0.717) is 11.3 Å². The Morgan fingerprint density at radius 1 is 1.14 bits per heavy atom. The van der Waals surface area contributed by atoms with Gasteiger partial charge >= 0.3 is 0 Å². The molecule has 2 aromatic rings. The van der Waals surface area contributed by atoms with Crippen LogP contribution in [0.3, 0.4) is 0 Å². The third-order valence-corrected chi connectivity index (χ3v) is 4.37. The first kappa shape index (κ1) is 22.2. The van der Waals surface area contributed by atoms with Crippen LogP contribution in [0.4, 0.5) is 11.4 Å². The molecule has 0 unspecified atom stereocenters. The number of aryl methyl sites for hydroxylation is 1. The summed E-state index contributed by atoms with van der Waals surface area (Å²) >= 11 is 23.0. The maximum absolute atomic E-state index is 12.4. The Labute approximate surface area is 181 Å². The van der Waals surface area contributed by atoms with E-state index in [1.54, 1.807) is 18.2 Å². The normalized spacial score (nSPS) is 12.0. The molecule has 28 heavy (non-hydrogen) atoms. The lowest BCUT2D eigenvalue weighted by Crippen LogP contribution is -2.56. The van der Waals surface area contributed by atoms with Crippen molar-refractivity contribution in [1.29, 1.82) is 0 Å². The third kappa shape index (κ3) is 6.49. The molecule has 1 atom stereocenters. The van der Waals surface area contributed by atoms with Crippen LogP contribution in [-0.4, -0.2) is 25.9 Å². The van der Waals surface area contributed by atoms with E-state index >= 15 is 0 Å². The number of benzene rings is 2. The number of hydrogen-bond acceptors (Lipinski definition) is 4. The maximum Gasteiger partial charge on any atom is 0.269 e. The molecule has 0 aliphatic carbocycles. The molecule has 2 aromatic carbocycles. The predicted octanol–water partition coefficient (Wildman–Crippen LogP) is 4.32. The van der Waals surface area contributed by atoms with Crippen molar-refractivity contribution in [1.82, 2.24) is 10.6 Å². The molecule has 0 fully saturated rings. The number of nitrogens with one attached hydrogen (secondary N) is 3. The molecule has 3 N–H and O–H groups in total. The van der Waals surface area contributed by atoms with Crippen LogP contribution in [0.15, 0.2) is 48.5 Å². The summed E-state index contributed by atoms with van der Waals surface area (Å²) < 4.78 is -1.90. The SMILES string of the molecule is Cc1cccc(C(=O)N[C@@H](NC(=S)Nc2ccc([N+](=O)[O-])cc2)C(Cl)(Cl)Cl)c1. The predicted molar refractivity (Wildman–Crippen MR) is 115 cm³/mol. The number of alkyl halides is 3. The molecule has 0 aliphatic rings. The average Bonchev–Trinajstić information content (AvgIpc) is 2.60. The maximum atomic E-state index is 12.4. The summed E-state index contributed by atoms with van der Waals surface area (Å²) in [7, 11) is 0. The van der Waals surface area contributed by atoms with Crippen molar-refractivity contribution in [2.24, 2.45) is 0 Å². The highest BCUT2D eigenvalue weighted by molar-refractivity contribution is 7.80. The van der Waals surface area contributed by atoms with Crippen LogP contribution in [-0.2, 0) is 0 Å². The van der Waals surface area contributed by atoms with Crippen molar-refractivity contribution in [3.63, 3.8) is 0 Å². The van der Waals surface area contributed by atoms with E-state index in [9.17, 15) is 14.9 Å². The van der Waals surface area contributed by atoms with Crippen LogP contribution < -0.4 is 16.0 Å². The Hall–Kier alpha value is -2.13. The minimum absolute atomic E-state index is 0.0507. The topological polar surface area (TPSA) is 96.3 Å². The number of hydrogen-bond donors (Lipinski definition) is 3. The zero-order valence-electron chi connectivity index (χ0n) is 14.4. The highest BCUT2D eigenvalue weighted by Gasteiger charge is 2.34. The van der Waals surface area contributed by atoms with Gasteiger partial charge in [0.2, 0.25) is 3.79 Å². The number of anilines is 1. The summed E-state index contributed by atoms with van der Waals surface area (Å²) in [6.45, 7) is 1.85. The second kappa shape index (κ2) is 9.38. The van der Waals surface area contributed by atoms with Crippen LogP contribution >= 0.6 is 47.0 Å². The fraction of sp³-hybridized carbons (Fsp3) is 0.176. The number of nitrogens with zero attached hydrogens (tertiary/aromatic N) is 1. The summed E-state index contributed by atoms with van der Waals surface area (Å²) in [4.78, 5) is 22.6. The van der Waals surface area contributed by atoms with Crippen LogP contribution in [0, 0.1) is 17.0 Å². The summed E-state index contributed by atoms with van der Waals surface area (Å²) in [6, 6.07) is 12.5. The number of non-ortho nitro benzene ring substituents is 1. The third-order valence-electron chi connectivity index (χ3n) is 3.49. The highest BCUT2D eigenvalue weighted by atomic mass is 35.6. The lowest BCUT2D eigenvalue weighted by atomic mass is 10.1. The van der Waals surface area contributed by atoms with Gasteiger partial charge in [-0.05, 0) is 43.4 Å². The first-order valence-corrected chi connectivity index (χ1v) is 9.36. The molecule has 0 aliphatic heterocycles. The van der Waals surface area contributed by atoms with Gasteiger partial charge in [-0.15, -0.1) is 0 Å². The van der Waals surface area contributed by atoms with Gasteiger partial charge in [-0.1, -0.05) is 52.5 Å². The number of carbonyl (C=O) groups is 1. The van der Waals surface area contributed by atoms with Gasteiger partial charge in [-0.2, -0.15) is 0 Å². The van der Waals surface area contributed by atoms with Gasteiger partial charge in [0.05, 0.1) is 4.92 Å². The van der Waals surface area contributed by atoms with Crippen molar-refractivity contribution < 1.29 is 9.72 Å². The standard InChI is InChI=1S/C17H15Cl3N4O3S/c1-10-3-2-4-11(9-10)14(25)22-15(17(18,19)20)23-16(28)21-12-5-7-13(8-6-12)24(26)27/h2-9,15H,1H3,(H,22,25)(H2,21,23,28)/t15-/m0/s1. The van der Waals surface area contributed by atoms with E-state index in [-0.39, 0.29) is 10.8 Å². The summed E-state index contributed by atoms with van der Waals surface area (Å²) in [5.41, 5.74) is 1.72. The van der Waals surface area contributed by atoms with E-state index in [4.69, 9.17) is 47.0 Å². The van der Waals surface area contributed by atoms with E-state index < -0.39 is 20.8 Å². The van der Waals surface area contributed by atoms with Crippen LogP contribution in [0.1, 0.15) is 15.9 Å². The number of rotatable bonds is 5. The second-order valence-electron chi connectivity index (χ2n) is 5.72. The van der Waals surface area contributed by atoms with Crippen molar-refractivity contribution in [2.75, 3.05) is 5.32 Å². The molecule has 148 valence electrons. The zero-order valence-corrected chi connectivity index (χ0v) is 17.5. The largest absolute Gasteiger partial charge is 0.339 e. The van der Waals surface area contributed by atoms with Gasteiger partial charge in [0.1, 0.15) is 6.17 Å². The van der Waals surface area contributed by atoms with E-state index in [0.717, 1.165) is 5.56 Å². The lowest BCUT2D eigenvalue weighted by molar-refractivity contribution is -0.384. The minimum Gasteiger partial charge on any atom is -0.339 e. The Morgan fingerprint density at radius 2 is 1.79 bits per heavy atom. The first-order valence-electron chi connectivity index (χ1n) is 7.82. The number of carbonyl (C=O) groups excluding carboxylic acids is 1. The van der Waals surface area contributed by atoms with Gasteiger partial charge in [0.25, 0.3) is 11.6 Å². The van der Waals surface area contributed by atoms with E-state index in [1.165, 1.54) is 24.3 Å². The molecule has 2 rings (SSSR count). The van der Waals surface area contributed by atoms with Gasteiger partial charge < -0.3 is 16.0 Å². The summed E-state index contributed by atoms with van der Waals surface area (Å²) in [5.74, 6) is -0.453. The fourth-order valence-corrected chi connectivity index (χ4v) is 2.73. The molecule has 0 saturated carbocycles. The van der Waals surface area contributed by atoms with Crippen molar-refractivity contribution in [3.05, 3.63) is 69.8 Å². The molecule has 7 nitrogen and oxygen atoms in total. The molecular weight excluding hydrogens is 447 g/mol. The minimum atomic E-state index is -1.90. The first-order chi connectivity index (χ1) is 13.1. The van der Waals surface area contributed by atoms with Crippen LogP contribution in [0.2, 0.25) is 0 Å². The lowest BCUT2D eigenvalue weighted by Gasteiger charge is -2.27. The Bertz CT molecular complexity index is 888. The van der Waals surface area contributed by atoms with Crippen molar-refractivity contribution >= 4 is 69.4 Å². The average molecular weight is 462 g/mol. The highest BCUT2D eigenvalue weighted by Crippen LogP contribution is 2.29. The smallest absolute Gasteiger partial charge is 0.269 e. The van der Waals surface area contributed by atoms with Crippen LogP contribution in [0.25, 0.3) is 0 Å². The van der Waals surface area contributed by atoms with E-state index in [2.05, 4.69) is 16.0 Å². The number of amides is 1. The quantitative estimate of drug-likeness (QED) is 0.202. The molecule has 0 spiro atoms. The van der Waals surface area contributed by atoms with Crippen molar-refractivity contribution in [3.8, 4) is 0 Å². The Kier molecular flexibility index (Phi) is 7.42. The second-order valence-corrected chi connectivity index (χ2v) is 8.50. The van der Waals surface area contributed by atoms with Gasteiger partial charge in [0.15, 0.2) is 5.11 Å². The van der Waals surface area contributed by atoms with Crippen LogP contribution in [0.5, 0.6) is 0 Å². The molecule has 0 bridgehead atoms. The Balaban J connectivity index is 2.06. The number of nitro groups is 1.